The molecule has 0 spiro atoms. The quantitative estimate of drug-likeness (QED) is 0.455. The molecule has 1 unspecified atom stereocenters. The van der Waals surface area contributed by atoms with Gasteiger partial charge in [-0.05, 0) is 37.1 Å². The Morgan fingerprint density at radius 1 is 1.50 bits per heavy atom. The molecule has 0 fully saturated rings. The number of allylic oxidation sites excluding steroid dienone is 1. The number of nitriles is 1. The lowest BCUT2D eigenvalue weighted by Crippen LogP contribution is -2.13. The zero-order chi connectivity index (χ0) is 13.4. The molecule has 0 aliphatic heterocycles. The summed E-state index contributed by atoms with van der Waals surface area (Å²) in [7, 11) is 0. The van der Waals surface area contributed by atoms with E-state index in [1.165, 1.54) is 0 Å². The largest absolute Gasteiger partial charge is 0.491 e. The van der Waals surface area contributed by atoms with E-state index in [0.717, 1.165) is 11.3 Å². The number of ether oxygens (including phenoxy) is 2. The number of rotatable bonds is 7. The van der Waals surface area contributed by atoms with Crippen molar-refractivity contribution in [2.75, 3.05) is 18.9 Å². The molecule has 2 N–H and O–H groups in total. The van der Waals surface area contributed by atoms with Gasteiger partial charge in [-0.1, -0.05) is 6.08 Å². The number of nitrogens with zero attached hydrogens (tertiary/aromatic N) is 1. The summed E-state index contributed by atoms with van der Waals surface area (Å²) in [5, 5.41) is 8.55. The molecule has 0 radical (unpaired) electrons. The number of hydrogen-bond donors (Lipinski definition) is 1. The van der Waals surface area contributed by atoms with Crippen molar-refractivity contribution in [3.63, 3.8) is 0 Å². The fraction of sp³-hybridized carbons (Fsp3) is 0.357. The van der Waals surface area contributed by atoms with Gasteiger partial charge in [0.15, 0.2) is 0 Å². The molecule has 4 nitrogen and oxygen atoms in total. The van der Waals surface area contributed by atoms with E-state index >= 15 is 0 Å². The fourth-order valence-corrected chi connectivity index (χ4v) is 1.47. The Labute approximate surface area is 108 Å². The van der Waals surface area contributed by atoms with Crippen LogP contribution in [0.5, 0.6) is 5.75 Å². The summed E-state index contributed by atoms with van der Waals surface area (Å²) in [4.78, 5) is 0. The zero-order valence-electron chi connectivity index (χ0n) is 10.6. The first-order valence-electron chi connectivity index (χ1n) is 5.80. The van der Waals surface area contributed by atoms with Crippen LogP contribution in [0.15, 0.2) is 30.9 Å². The summed E-state index contributed by atoms with van der Waals surface area (Å²) in [5.41, 5.74) is 7.42. The van der Waals surface area contributed by atoms with Crippen molar-refractivity contribution in [3.8, 4) is 11.8 Å². The minimum Gasteiger partial charge on any atom is -0.491 e. The van der Waals surface area contributed by atoms with Crippen LogP contribution >= 0.6 is 0 Å². The lowest BCUT2D eigenvalue weighted by Gasteiger charge is -2.12. The molecule has 0 bridgehead atoms. The molecule has 1 atom stereocenters. The van der Waals surface area contributed by atoms with E-state index in [2.05, 4.69) is 6.58 Å². The second-order valence-corrected chi connectivity index (χ2v) is 3.85. The molecule has 0 saturated heterocycles. The molecule has 1 aromatic carbocycles. The highest BCUT2D eigenvalue weighted by molar-refractivity contribution is 5.48. The number of nitrogens with two attached hydrogens (primary N) is 1. The highest BCUT2D eigenvalue weighted by Gasteiger charge is 2.04. The summed E-state index contributed by atoms with van der Waals surface area (Å²) >= 11 is 0. The van der Waals surface area contributed by atoms with Gasteiger partial charge in [0.2, 0.25) is 0 Å². The molecule has 1 rings (SSSR count). The van der Waals surface area contributed by atoms with Crippen LogP contribution in [0.1, 0.15) is 12.5 Å². The average Bonchev–Trinajstić information content (AvgIpc) is 2.36. The van der Waals surface area contributed by atoms with E-state index < -0.39 is 6.10 Å². The smallest absolute Gasteiger partial charge is 0.141 e. The molecule has 4 heteroatoms. The number of anilines is 1. The molecular formula is C14H18N2O2. The fourth-order valence-electron chi connectivity index (χ4n) is 1.47. The van der Waals surface area contributed by atoms with Crippen LogP contribution in [0.2, 0.25) is 0 Å². The van der Waals surface area contributed by atoms with E-state index in [1.54, 1.807) is 19.1 Å². The minimum absolute atomic E-state index is 0.382. The van der Waals surface area contributed by atoms with Gasteiger partial charge in [-0.15, -0.1) is 6.58 Å². The summed E-state index contributed by atoms with van der Waals surface area (Å²) in [6, 6.07) is 7.49. The van der Waals surface area contributed by atoms with Crippen LogP contribution in [0, 0.1) is 11.3 Å². The normalized spacial score (nSPS) is 11.6. The summed E-state index contributed by atoms with van der Waals surface area (Å²) in [5.74, 6) is 0.775. The molecule has 1 aromatic rings. The predicted molar refractivity (Wildman–Crippen MR) is 71.3 cm³/mol. The number of nitrogen functional groups attached to an aromatic ring is 1. The van der Waals surface area contributed by atoms with Gasteiger partial charge in [0, 0.05) is 5.69 Å². The molecule has 0 aliphatic rings. The van der Waals surface area contributed by atoms with Gasteiger partial charge < -0.3 is 15.2 Å². The molecule has 18 heavy (non-hydrogen) atoms. The Morgan fingerprint density at radius 2 is 2.28 bits per heavy atom. The lowest BCUT2D eigenvalue weighted by molar-refractivity contribution is 0.0742. The van der Waals surface area contributed by atoms with Crippen LogP contribution in [0.25, 0.3) is 0 Å². The third-order valence-corrected chi connectivity index (χ3v) is 2.34. The summed E-state index contributed by atoms with van der Waals surface area (Å²) < 4.78 is 10.8. The van der Waals surface area contributed by atoms with E-state index in [9.17, 15) is 0 Å². The Hall–Kier alpha value is -1.99. The van der Waals surface area contributed by atoms with E-state index in [1.807, 2.05) is 18.2 Å². The molecule has 0 heterocycles. The van der Waals surface area contributed by atoms with Crippen LogP contribution in [0.3, 0.4) is 0 Å². The Balaban J connectivity index is 2.51. The van der Waals surface area contributed by atoms with Gasteiger partial charge >= 0.3 is 0 Å². The van der Waals surface area contributed by atoms with Crippen molar-refractivity contribution in [2.24, 2.45) is 0 Å². The Morgan fingerprint density at radius 3 is 2.94 bits per heavy atom. The standard InChI is InChI=1S/C14H18N2O2/c1-3-4-12-9-13(16)5-6-14(12)18-8-7-17-11(2)10-15/h3,5-6,9,11H,1,4,7-8,16H2,2H3. The Kier molecular flexibility index (Phi) is 5.75. The van der Waals surface area contributed by atoms with Crippen LogP contribution in [-0.4, -0.2) is 19.3 Å². The van der Waals surface area contributed by atoms with E-state index in [-0.39, 0.29) is 0 Å². The topological polar surface area (TPSA) is 68.3 Å². The first-order chi connectivity index (χ1) is 8.67. The van der Waals surface area contributed by atoms with Crippen molar-refractivity contribution < 1.29 is 9.47 Å². The molecular weight excluding hydrogens is 228 g/mol. The van der Waals surface area contributed by atoms with Crippen molar-refractivity contribution >= 4 is 5.69 Å². The predicted octanol–water partition coefficient (Wildman–Crippen LogP) is 2.30. The summed E-state index contributed by atoms with van der Waals surface area (Å²) in [6.07, 6.45) is 2.10. The minimum atomic E-state index is -0.410. The monoisotopic (exact) mass is 246 g/mol. The molecule has 0 saturated carbocycles. The van der Waals surface area contributed by atoms with Gasteiger partial charge in [0.05, 0.1) is 12.7 Å². The van der Waals surface area contributed by atoms with Crippen LogP contribution in [-0.2, 0) is 11.2 Å². The highest BCUT2D eigenvalue weighted by Crippen LogP contribution is 2.22. The molecule has 0 amide bonds. The van der Waals surface area contributed by atoms with Crippen LogP contribution in [0.4, 0.5) is 5.69 Å². The van der Waals surface area contributed by atoms with Crippen molar-refractivity contribution in [1.29, 1.82) is 5.26 Å². The van der Waals surface area contributed by atoms with E-state index in [0.29, 0.717) is 25.3 Å². The first-order valence-corrected chi connectivity index (χ1v) is 5.80. The maximum Gasteiger partial charge on any atom is 0.141 e. The van der Waals surface area contributed by atoms with Crippen molar-refractivity contribution in [3.05, 3.63) is 36.4 Å². The van der Waals surface area contributed by atoms with Crippen LogP contribution < -0.4 is 10.5 Å². The van der Waals surface area contributed by atoms with Gasteiger partial charge in [-0.3, -0.25) is 0 Å². The molecule has 0 aromatic heterocycles. The van der Waals surface area contributed by atoms with Crippen molar-refractivity contribution in [2.45, 2.75) is 19.4 Å². The average molecular weight is 246 g/mol. The third-order valence-electron chi connectivity index (χ3n) is 2.34. The third kappa shape index (κ3) is 4.48. The zero-order valence-corrected chi connectivity index (χ0v) is 10.6. The summed E-state index contributed by atoms with van der Waals surface area (Å²) in [6.45, 7) is 6.19. The second-order valence-electron chi connectivity index (χ2n) is 3.85. The van der Waals surface area contributed by atoms with E-state index in [4.69, 9.17) is 20.5 Å². The maximum absolute atomic E-state index is 8.55. The van der Waals surface area contributed by atoms with Gasteiger partial charge in [-0.25, -0.2) is 0 Å². The first kappa shape index (κ1) is 14.1. The van der Waals surface area contributed by atoms with Gasteiger partial charge in [0.1, 0.15) is 18.5 Å². The number of benzene rings is 1. The highest BCUT2D eigenvalue weighted by atomic mass is 16.5. The SMILES string of the molecule is C=CCc1cc(N)ccc1OCCOC(C)C#N. The van der Waals surface area contributed by atoms with Gasteiger partial charge in [-0.2, -0.15) is 5.26 Å². The second kappa shape index (κ2) is 7.36. The lowest BCUT2D eigenvalue weighted by atomic mass is 10.1. The van der Waals surface area contributed by atoms with Crippen molar-refractivity contribution in [1.82, 2.24) is 0 Å². The maximum atomic E-state index is 8.55. The molecule has 0 aliphatic carbocycles. The Bertz CT molecular complexity index is 438. The van der Waals surface area contributed by atoms with Gasteiger partial charge in [0.25, 0.3) is 0 Å². The molecule has 96 valence electrons. The number of hydrogen-bond acceptors (Lipinski definition) is 4.